The molecule has 3 N–H and O–H groups in total. The summed E-state index contributed by atoms with van der Waals surface area (Å²) in [6, 6.07) is 9.34. The first kappa shape index (κ1) is 26.3. The van der Waals surface area contributed by atoms with Crippen LogP contribution in [0.15, 0.2) is 35.4 Å². The second-order valence-electron chi connectivity index (χ2n) is 10.5. The minimum absolute atomic E-state index is 0.123. The number of sulfonamides is 1. The smallest absolute Gasteiger partial charge is 0.243 e. The monoisotopic (exact) mass is 512 g/mol. The fourth-order valence-corrected chi connectivity index (χ4v) is 6.52. The number of nitrogens with one attached hydrogen (secondary N) is 2. The molecule has 1 aromatic carbocycles. The number of hydrogen-bond donors (Lipinski definition) is 3. The SMILES string of the molecule is CC1(C)C[C@H](Nc2nc(NCCc3ccc(S(=O)(=O)N4CCCCC4)cc3)ncc2C#N)CC[C@@H]1O. The molecule has 2 heterocycles. The molecule has 1 saturated heterocycles. The quantitative estimate of drug-likeness (QED) is 0.490. The molecule has 2 aromatic rings. The minimum atomic E-state index is -3.43. The van der Waals surface area contributed by atoms with E-state index >= 15 is 0 Å². The molecule has 0 amide bonds. The van der Waals surface area contributed by atoms with E-state index in [1.807, 2.05) is 12.1 Å². The fourth-order valence-electron chi connectivity index (χ4n) is 5.00. The standard InChI is InChI=1S/C26H36N6O3S/c1-26(2)16-21(8-11-23(26)33)30-24-20(17-27)18-29-25(31-24)28-13-12-19-6-9-22(10-7-19)36(34,35)32-14-4-3-5-15-32/h6-7,9-10,18,21,23,33H,3-5,8,11-16H2,1-2H3,(H2,28,29,30,31)/t21-,23+/m1/s1. The van der Waals surface area contributed by atoms with Crippen LogP contribution in [0.3, 0.4) is 0 Å². The minimum Gasteiger partial charge on any atom is -0.393 e. The second kappa shape index (κ2) is 11.1. The number of rotatable bonds is 8. The van der Waals surface area contributed by atoms with Gasteiger partial charge in [0, 0.05) is 25.7 Å². The zero-order valence-electron chi connectivity index (χ0n) is 21.1. The van der Waals surface area contributed by atoms with Crippen molar-refractivity contribution in [3.8, 4) is 6.07 Å². The van der Waals surface area contributed by atoms with Crippen LogP contribution >= 0.6 is 0 Å². The highest BCUT2D eigenvalue weighted by Gasteiger charge is 2.36. The molecule has 9 nitrogen and oxygen atoms in total. The summed E-state index contributed by atoms with van der Waals surface area (Å²) in [7, 11) is -3.43. The molecule has 2 aliphatic rings. The summed E-state index contributed by atoms with van der Waals surface area (Å²) in [5.41, 5.74) is 1.20. The molecular formula is C26H36N6O3S. The molecule has 0 bridgehead atoms. The molecule has 1 aliphatic heterocycles. The Morgan fingerprint density at radius 2 is 1.89 bits per heavy atom. The molecule has 1 saturated carbocycles. The maximum atomic E-state index is 12.8. The predicted molar refractivity (Wildman–Crippen MR) is 139 cm³/mol. The van der Waals surface area contributed by atoms with Crippen LogP contribution in [-0.4, -0.2) is 59.6 Å². The van der Waals surface area contributed by atoms with Crippen LogP contribution in [0.2, 0.25) is 0 Å². The molecule has 194 valence electrons. The van der Waals surface area contributed by atoms with E-state index in [1.54, 1.807) is 16.4 Å². The average Bonchev–Trinajstić information content (AvgIpc) is 2.87. The van der Waals surface area contributed by atoms with Gasteiger partial charge in [0.2, 0.25) is 16.0 Å². The van der Waals surface area contributed by atoms with Crippen molar-refractivity contribution in [2.75, 3.05) is 30.3 Å². The molecule has 0 spiro atoms. The van der Waals surface area contributed by atoms with E-state index in [0.717, 1.165) is 37.7 Å². The molecule has 2 atom stereocenters. The number of aliphatic hydroxyl groups excluding tert-OH is 1. The summed E-state index contributed by atoms with van der Waals surface area (Å²) >= 11 is 0. The summed E-state index contributed by atoms with van der Waals surface area (Å²) in [6.07, 6.45) is 7.08. The van der Waals surface area contributed by atoms with E-state index < -0.39 is 10.0 Å². The van der Waals surface area contributed by atoms with Crippen molar-refractivity contribution < 1.29 is 13.5 Å². The van der Waals surface area contributed by atoms with Gasteiger partial charge in [0.1, 0.15) is 17.5 Å². The molecule has 1 aliphatic carbocycles. The van der Waals surface area contributed by atoms with Gasteiger partial charge >= 0.3 is 0 Å². The molecular weight excluding hydrogens is 476 g/mol. The number of aromatic nitrogens is 2. The predicted octanol–water partition coefficient (Wildman–Crippen LogP) is 3.53. The van der Waals surface area contributed by atoms with E-state index in [1.165, 1.54) is 6.20 Å². The largest absolute Gasteiger partial charge is 0.393 e. The number of nitrogens with zero attached hydrogens (tertiary/aromatic N) is 4. The lowest BCUT2D eigenvalue weighted by atomic mass is 9.73. The summed E-state index contributed by atoms with van der Waals surface area (Å²) < 4.78 is 27.2. The third-order valence-electron chi connectivity index (χ3n) is 7.29. The van der Waals surface area contributed by atoms with Crippen LogP contribution in [0.1, 0.15) is 63.5 Å². The maximum absolute atomic E-state index is 12.8. The normalized spacial score (nSPS) is 22.5. The van der Waals surface area contributed by atoms with Crippen LogP contribution in [0.5, 0.6) is 0 Å². The van der Waals surface area contributed by atoms with Crippen molar-refractivity contribution in [1.29, 1.82) is 5.26 Å². The first-order valence-corrected chi connectivity index (χ1v) is 14.2. The van der Waals surface area contributed by atoms with Crippen molar-refractivity contribution in [1.82, 2.24) is 14.3 Å². The Kier molecular flexibility index (Phi) is 8.13. The zero-order chi connectivity index (χ0) is 25.8. The lowest BCUT2D eigenvalue weighted by Gasteiger charge is -2.40. The van der Waals surface area contributed by atoms with Gasteiger partial charge < -0.3 is 15.7 Å². The van der Waals surface area contributed by atoms with Gasteiger partial charge in [-0.2, -0.15) is 14.6 Å². The molecule has 36 heavy (non-hydrogen) atoms. The number of nitriles is 1. The summed E-state index contributed by atoms with van der Waals surface area (Å²) in [5, 5.41) is 26.3. The Hall–Kier alpha value is -2.74. The molecule has 10 heteroatoms. The van der Waals surface area contributed by atoms with Gasteiger partial charge in [-0.25, -0.2) is 13.4 Å². The zero-order valence-corrected chi connectivity index (χ0v) is 21.9. The van der Waals surface area contributed by atoms with E-state index in [2.05, 4.69) is 40.5 Å². The van der Waals surface area contributed by atoms with Crippen molar-refractivity contribution in [3.05, 3.63) is 41.6 Å². The van der Waals surface area contributed by atoms with Crippen molar-refractivity contribution in [2.24, 2.45) is 5.41 Å². The molecule has 4 rings (SSSR count). The van der Waals surface area contributed by atoms with Gasteiger partial charge in [-0.05, 0) is 61.6 Å². The topological polar surface area (TPSA) is 131 Å². The van der Waals surface area contributed by atoms with Gasteiger partial charge in [-0.15, -0.1) is 0 Å². The number of aliphatic hydroxyl groups is 1. The summed E-state index contributed by atoms with van der Waals surface area (Å²) in [6.45, 7) is 5.86. The van der Waals surface area contributed by atoms with Crippen LogP contribution in [-0.2, 0) is 16.4 Å². The Morgan fingerprint density at radius 3 is 2.56 bits per heavy atom. The van der Waals surface area contributed by atoms with Gasteiger partial charge in [0.15, 0.2) is 0 Å². The van der Waals surface area contributed by atoms with E-state index in [0.29, 0.717) is 54.7 Å². The Labute approximate surface area is 214 Å². The fraction of sp³-hybridized carbons (Fsp3) is 0.577. The maximum Gasteiger partial charge on any atom is 0.243 e. The third-order valence-corrected chi connectivity index (χ3v) is 9.20. The molecule has 0 radical (unpaired) electrons. The lowest BCUT2D eigenvalue weighted by molar-refractivity contribution is 0.00926. The highest BCUT2D eigenvalue weighted by Crippen LogP contribution is 2.37. The van der Waals surface area contributed by atoms with Crippen LogP contribution < -0.4 is 10.6 Å². The highest BCUT2D eigenvalue weighted by atomic mass is 32.2. The molecule has 1 aromatic heterocycles. The summed E-state index contributed by atoms with van der Waals surface area (Å²) in [4.78, 5) is 9.13. The summed E-state index contributed by atoms with van der Waals surface area (Å²) in [5.74, 6) is 0.926. The second-order valence-corrected chi connectivity index (χ2v) is 12.4. The van der Waals surface area contributed by atoms with E-state index in [9.17, 15) is 18.8 Å². The Bertz CT molecular complexity index is 1190. The van der Waals surface area contributed by atoms with Crippen LogP contribution in [0.4, 0.5) is 11.8 Å². The Balaban J connectivity index is 1.34. The number of piperidine rings is 1. The average molecular weight is 513 g/mol. The third kappa shape index (κ3) is 6.14. The number of benzene rings is 1. The van der Waals surface area contributed by atoms with Crippen LogP contribution in [0, 0.1) is 16.7 Å². The van der Waals surface area contributed by atoms with Gasteiger partial charge in [-0.1, -0.05) is 32.4 Å². The lowest BCUT2D eigenvalue weighted by Crippen LogP contribution is -2.41. The number of hydrogen-bond acceptors (Lipinski definition) is 8. The molecule has 2 fully saturated rings. The van der Waals surface area contributed by atoms with Crippen molar-refractivity contribution >= 4 is 21.8 Å². The highest BCUT2D eigenvalue weighted by molar-refractivity contribution is 7.89. The Morgan fingerprint density at radius 1 is 1.17 bits per heavy atom. The van der Waals surface area contributed by atoms with E-state index in [4.69, 9.17) is 0 Å². The molecule has 0 unspecified atom stereocenters. The van der Waals surface area contributed by atoms with Crippen LogP contribution in [0.25, 0.3) is 0 Å². The van der Waals surface area contributed by atoms with Crippen molar-refractivity contribution in [2.45, 2.75) is 75.8 Å². The van der Waals surface area contributed by atoms with E-state index in [-0.39, 0.29) is 17.6 Å². The van der Waals surface area contributed by atoms with Gasteiger partial charge in [0.25, 0.3) is 0 Å². The first-order valence-electron chi connectivity index (χ1n) is 12.7. The van der Waals surface area contributed by atoms with Gasteiger partial charge in [0.05, 0.1) is 17.2 Å². The van der Waals surface area contributed by atoms with Gasteiger partial charge in [-0.3, -0.25) is 0 Å². The first-order chi connectivity index (χ1) is 17.2. The van der Waals surface area contributed by atoms with Crippen molar-refractivity contribution in [3.63, 3.8) is 0 Å². The number of anilines is 2.